The first kappa shape index (κ1) is 13.6. The van der Waals surface area contributed by atoms with E-state index in [2.05, 4.69) is 23.2 Å². The van der Waals surface area contributed by atoms with E-state index in [0.29, 0.717) is 29.5 Å². The Kier molecular flexibility index (Phi) is 4.05. The Labute approximate surface area is 124 Å². The predicted molar refractivity (Wildman–Crippen MR) is 78.4 cm³/mol. The van der Waals surface area contributed by atoms with E-state index in [1.807, 2.05) is 12.3 Å². The standard InChI is InChI=1S/C16H17ClN2O/c17-8-12-2-1-11-6-15(9-18)19-10-14(11)5-13(12)7-16-3-4-20-16/h1-2,6,10,12-13,16H,3-5,7-8H2/t12?,13?,16-/m0/s1. The number of halogens is 1. The normalized spacial score (nSPS) is 28.1. The molecule has 20 heavy (non-hydrogen) atoms. The van der Waals surface area contributed by atoms with Crippen molar-refractivity contribution in [3.05, 3.63) is 35.2 Å². The first-order valence-corrected chi connectivity index (χ1v) is 7.58. The monoisotopic (exact) mass is 288 g/mol. The molecule has 0 N–H and O–H groups in total. The summed E-state index contributed by atoms with van der Waals surface area (Å²) in [5, 5.41) is 8.94. The molecule has 0 saturated carbocycles. The largest absolute Gasteiger partial charge is 0.378 e. The smallest absolute Gasteiger partial charge is 0.141 e. The maximum absolute atomic E-state index is 8.94. The Morgan fingerprint density at radius 3 is 3.00 bits per heavy atom. The van der Waals surface area contributed by atoms with Crippen molar-refractivity contribution >= 4 is 17.7 Å². The molecule has 1 aromatic heterocycles. The molecule has 2 heterocycles. The van der Waals surface area contributed by atoms with Crippen LogP contribution in [0.1, 0.15) is 29.7 Å². The zero-order chi connectivity index (χ0) is 13.9. The lowest BCUT2D eigenvalue weighted by Crippen LogP contribution is -2.32. The van der Waals surface area contributed by atoms with Gasteiger partial charge in [-0.3, -0.25) is 0 Å². The molecule has 2 unspecified atom stereocenters. The van der Waals surface area contributed by atoms with Crippen molar-refractivity contribution in [2.45, 2.75) is 25.4 Å². The van der Waals surface area contributed by atoms with Crippen LogP contribution >= 0.6 is 11.6 Å². The molecule has 0 aromatic carbocycles. The van der Waals surface area contributed by atoms with E-state index in [9.17, 15) is 0 Å². The average molecular weight is 289 g/mol. The lowest BCUT2D eigenvalue weighted by Gasteiger charge is -2.32. The van der Waals surface area contributed by atoms with Crippen molar-refractivity contribution in [1.29, 1.82) is 5.26 Å². The summed E-state index contributed by atoms with van der Waals surface area (Å²) in [6, 6.07) is 3.95. The number of aromatic nitrogens is 1. The summed E-state index contributed by atoms with van der Waals surface area (Å²) >= 11 is 6.13. The number of rotatable bonds is 3. The van der Waals surface area contributed by atoms with Crippen LogP contribution in [0.5, 0.6) is 0 Å². The van der Waals surface area contributed by atoms with Crippen LogP contribution in [0, 0.1) is 23.2 Å². The fraction of sp³-hybridized carbons (Fsp3) is 0.500. The Balaban J connectivity index is 1.85. The van der Waals surface area contributed by atoms with Gasteiger partial charge in [0.05, 0.1) is 6.10 Å². The highest BCUT2D eigenvalue weighted by Gasteiger charge is 2.29. The predicted octanol–water partition coefficient (Wildman–Crippen LogP) is 3.17. The van der Waals surface area contributed by atoms with Gasteiger partial charge >= 0.3 is 0 Å². The molecular weight excluding hydrogens is 272 g/mol. The minimum Gasteiger partial charge on any atom is -0.378 e. The van der Waals surface area contributed by atoms with Gasteiger partial charge in [-0.2, -0.15) is 5.26 Å². The maximum atomic E-state index is 8.94. The van der Waals surface area contributed by atoms with Gasteiger partial charge in [0.1, 0.15) is 11.8 Å². The highest BCUT2D eigenvalue weighted by molar-refractivity contribution is 6.18. The van der Waals surface area contributed by atoms with Crippen molar-refractivity contribution in [3.63, 3.8) is 0 Å². The van der Waals surface area contributed by atoms with Crippen LogP contribution < -0.4 is 0 Å². The molecule has 104 valence electrons. The topological polar surface area (TPSA) is 45.9 Å². The average Bonchev–Trinajstić information content (AvgIpc) is 2.60. The van der Waals surface area contributed by atoms with E-state index in [1.54, 1.807) is 0 Å². The van der Waals surface area contributed by atoms with Crippen LogP contribution in [-0.2, 0) is 11.2 Å². The third-order valence-electron chi connectivity index (χ3n) is 4.28. The van der Waals surface area contributed by atoms with Gasteiger partial charge in [-0.25, -0.2) is 4.98 Å². The van der Waals surface area contributed by atoms with Gasteiger partial charge in [0, 0.05) is 18.7 Å². The minimum absolute atomic E-state index is 0.360. The molecule has 4 heteroatoms. The van der Waals surface area contributed by atoms with Crippen molar-refractivity contribution < 1.29 is 4.74 Å². The van der Waals surface area contributed by atoms with Crippen molar-refractivity contribution in [2.24, 2.45) is 11.8 Å². The molecule has 0 bridgehead atoms. The summed E-state index contributed by atoms with van der Waals surface area (Å²) in [6.45, 7) is 0.891. The van der Waals surface area contributed by atoms with E-state index in [-0.39, 0.29) is 0 Å². The third-order valence-corrected chi connectivity index (χ3v) is 4.64. The molecule has 1 aliphatic heterocycles. The number of nitriles is 1. The fourth-order valence-corrected chi connectivity index (χ4v) is 3.30. The molecule has 1 saturated heterocycles. The first-order valence-electron chi connectivity index (χ1n) is 7.05. The molecule has 3 atom stereocenters. The number of alkyl halides is 1. The van der Waals surface area contributed by atoms with Crippen molar-refractivity contribution in [2.75, 3.05) is 12.5 Å². The van der Waals surface area contributed by atoms with Crippen LogP contribution in [0.15, 0.2) is 18.3 Å². The highest BCUT2D eigenvalue weighted by Crippen LogP contribution is 2.33. The second-order valence-corrected chi connectivity index (χ2v) is 5.85. The zero-order valence-electron chi connectivity index (χ0n) is 11.3. The maximum Gasteiger partial charge on any atom is 0.141 e. The number of ether oxygens (including phenoxy) is 1. The van der Waals surface area contributed by atoms with Gasteiger partial charge in [0.15, 0.2) is 0 Å². The van der Waals surface area contributed by atoms with Gasteiger partial charge in [0.2, 0.25) is 0 Å². The number of allylic oxidation sites excluding steroid dienone is 1. The van der Waals surface area contributed by atoms with E-state index < -0.39 is 0 Å². The SMILES string of the molecule is N#Cc1cc2c(cn1)CC(C[C@@H]1CCO1)C(CCl)C=C2. The van der Waals surface area contributed by atoms with Gasteiger partial charge < -0.3 is 4.74 Å². The van der Waals surface area contributed by atoms with Crippen molar-refractivity contribution in [1.82, 2.24) is 4.98 Å². The number of pyridine rings is 1. The number of nitrogens with zero attached hydrogens (tertiary/aromatic N) is 2. The van der Waals surface area contributed by atoms with Gasteiger partial charge in [-0.1, -0.05) is 12.2 Å². The lowest BCUT2D eigenvalue weighted by molar-refractivity contribution is -0.0649. The summed E-state index contributed by atoms with van der Waals surface area (Å²) in [5.74, 6) is 1.48. The molecule has 1 fully saturated rings. The Morgan fingerprint density at radius 1 is 1.50 bits per heavy atom. The third kappa shape index (κ3) is 2.72. The summed E-state index contributed by atoms with van der Waals surface area (Å²) < 4.78 is 5.57. The lowest BCUT2D eigenvalue weighted by atomic mass is 9.83. The highest BCUT2D eigenvalue weighted by atomic mass is 35.5. The van der Waals surface area contributed by atoms with E-state index in [1.165, 1.54) is 5.56 Å². The summed E-state index contributed by atoms with van der Waals surface area (Å²) in [6.07, 6.45) is 9.68. The molecule has 2 aliphatic rings. The van der Waals surface area contributed by atoms with Crippen LogP contribution in [0.25, 0.3) is 6.08 Å². The fourth-order valence-electron chi connectivity index (χ4n) is 2.95. The van der Waals surface area contributed by atoms with Crippen molar-refractivity contribution in [3.8, 4) is 6.07 Å². The molecule has 1 aliphatic carbocycles. The van der Waals surface area contributed by atoms with Gasteiger partial charge in [0.25, 0.3) is 0 Å². The summed E-state index contributed by atoms with van der Waals surface area (Å²) in [5.41, 5.74) is 2.78. The quantitative estimate of drug-likeness (QED) is 0.803. The minimum atomic E-state index is 0.360. The van der Waals surface area contributed by atoms with E-state index in [4.69, 9.17) is 21.6 Å². The van der Waals surface area contributed by atoms with Gasteiger partial charge in [-0.15, -0.1) is 11.6 Å². The second-order valence-electron chi connectivity index (χ2n) is 5.54. The van der Waals surface area contributed by atoms with Crippen LogP contribution in [0.3, 0.4) is 0 Å². The zero-order valence-corrected chi connectivity index (χ0v) is 12.0. The number of hydrogen-bond acceptors (Lipinski definition) is 3. The molecule has 3 nitrogen and oxygen atoms in total. The molecule has 0 radical (unpaired) electrons. The molecule has 0 spiro atoms. The summed E-state index contributed by atoms with van der Waals surface area (Å²) in [4.78, 5) is 4.19. The molecule has 0 amide bonds. The molecule has 3 rings (SSSR count). The Morgan fingerprint density at radius 2 is 2.35 bits per heavy atom. The number of fused-ring (bicyclic) bond motifs is 1. The van der Waals surface area contributed by atoms with Crippen LogP contribution in [-0.4, -0.2) is 23.6 Å². The Hall–Kier alpha value is -1.37. The van der Waals surface area contributed by atoms with E-state index in [0.717, 1.165) is 31.4 Å². The number of hydrogen-bond donors (Lipinski definition) is 0. The molecule has 1 aromatic rings. The van der Waals surface area contributed by atoms with Gasteiger partial charge in [-0.05, 0) is 48.3 Å². The van der Waals surface area contributed by atoms with Crippen LogP contribution in [0.2, 0.25) is 0 Å². The summed E-state index contributed by atoms with van der Waals surface area (Å²) in [7, 11) is 0. The first-order chi connectivity index (χ1) is 9.80. The molecular formula is C16H17ClN2O. The second kappa shape index (κ2) is 5.95. The Bertz CT molecular complexity index is 560. The van der Waals surface area contributed by atoms with E-state index >= 15 is 0 Å². The van der Waals surface area contributed by atoms with Crippen LogP contribution in [0.4, 0.5) is 0 Å².